The van der Waals surface area contributed by atoms with Gasteiger partial charge in [-0.2, -0.15) is 0 Å². The molecule has 0 bridgehead atoms. The summed E-state index contributed by atoms with van der Waals surface area (Å²) in [5, 5.41) is 0. The Hall–Kier alpha value is -1.27. The number of rotatable bonds is 1. The average molecular weight is 281 g/mol. The molecule has 2 aliphatic rings. The Kier molecular flexibility index (Phi) is 2.94. The number of sulfone groups is 1. The number of fused-ring (bicyclic) bond motifs is 1. The van der Waals surface area contributed by atoms with Gasteiger partial charge < -0.3 is 15.5 Å². The minimum atomic E-state index is -2.99. The average Bonchev–Trinajstić information content (AvgIpc) is 2.64. The second-order valence-electron chi connectivity index (χ2n) is 5.41. The minimum absolute atomic E-state index is 0.0974. The van der Waals surface area contributed by atoms with Crippen LogP contribution in [0.1, 0.15) is 0 Å². The summed E-state index contributed by atoms with van der Waals surface area (Å²) < 4.78 is 23.5. The zero-order valence-electron chi connectivity index (χ0n) is 11.0. The lowest BCUT2D eigenvalue weighted by atomic mass is 10.1. The van der Waals surface area contributed by atoms with Gasteiger partial charge in [0.05, 0.1) is 28.9 Å². The first-order chi connectivity index (χ1) is 8.98. The van der Waals surface area contributed by atoms with E-state index in [1.54, 1.807) is 0 Å². The van der Waals surface area contributed by atoms with Crippen molar-refractivity contribution >= 4 is 21.2 Å². The molecule has 0 aliphatic carbocycles. The second kappa shape index (κ2) is 4.38. The number of anilines is 2. The Morgan fingerprint density at radius 1 is 1.16 bits per heavy atom. The van der Waals surface area contributed by atoms with E-state index in [1.165, 1.54) is 0 Å². The van der Waals surface area contributed by atoms with E-state index in [0.29, 0.717) is 0 Å². The quantitative estimate of drug-likeness (QED) is 0.789. The van der Waals surface area contributed by atoms with Gasteiger partial charge in [0.25, 0.3) is 0 Å². The third kappa shape index (κ3) is 2.19. The first-order valence-electron chi connectivity index (χ1n) is 6.51. The van der Waals surface area contributed by atoms with Crippen LogP contribution in [0, 0.1) is 0 Å². The standard InChI is InChI=1S/C13H19N3O2S/c1-15-6-7-16(12-5-3-2-4-11(12)15)13-9-19(17,18)8-10(13)14/h2-5,10,13H,6-9,14H2,1H3. The zero-order chi connectivity index (χ0) is 13.6. The molecule has 1 fully saturated rings. The Bertz CT molecular complexity index is 587. The number of nitrogens with zero attached hydrogens (tertiary/aromatic N) is 2. The maximum absolute atomic E-state index is 11.8. The highest BCUT2D eigenvalue weighted by Crippen LogP contribution is 2.35. The first-order valence-corrected chi connectivity index (χ1v) is 8.33. The van der Waals surface area contributed by atoms with E-state index in [4.69, 9.17) is 5.73 Å². The van der Waals surface area contributed by atoms with E-state index in [9.17, 15) is 8.42 Å². The Morgan fingerprint density at radius 2 is 1.84 bits per heavy atom. The SMILES string of the molecule is CN1CCN(C2CS(=O)(=O)CC2N)c2ccccc21. The molecule has 1 saturated heterocycles. The van der Waals surface area contributed by atoms with Gasteiger partial charge in [-0.1, -0.05) is 12.1 Å². The Morgan fingerprint density at radius 3 is 2.47 bits per heavy atom. The van der Waals surface area contributed by atoms with Crippen molar-refractivity contribution in [3.63, 3.8) is 0 Å². The minimum Gasteiger partial charge on any atom is -0.371 e. The van der Waals surface area contributed by atoms with Gasteiger partial charge in [-0.05, 0) is 12.1 Å². The molecule has 2 heterocycles. The van der Waals surface area contributed by atoms with Crippen molar-refractivity contribution in [2.75, 3.05) is 41.4 Å². The van der Waals surface area contributed by atoms with Gasteiger partial charge >= 0.3 is 0 Å². The molecule has 0 amide bonds. The monoisotopic (exact) mass is 281 g/mol. The topological polar surface area (TPSA) is 66.6 Å². The molecule has 5 nitrogen and oxygen atoms in total. The molecule has 2 unspecified atom stereocenters. The van der Waals surface area contributed by atoms with Crippen LogP contribution in [0.4, 0.5) is 11.4 Å². The number of benzene rings is 1. The molecule has 1 aromatic carbocycles. The van der Waals surface area contributed by atoms with Gasteiger partial charge in [-0.3, -0.25) is 0 Å². The van der Waals surface area contributed by atoms with Crippen LogP contribution in [0.3, 0.4) is 0 Å². The van der Waals surface area contributed by atoms with Crippen LogP contribution in [-0.2, 0) is 9.84 Å². The number of para-hydroxylation sites is 2. The van der Waals surface area contributed by atoms with E-state index in [-0.39, 0.29) is 23.6 Å². The summed E-state index contributed by atoms with van der Waals surface area (Å²) in [7, 11) is -0.933. The highest BCUT2D eigenvalue weighted by Gasteiger charge is 2.40. The summed E-state index contributed by atoms with van der Waals surface area (Å²) in [6, 6.07) is 7.71. The van der Waals surface area contributed by atoms with Crippen LogP contribution in [0.25, 0.3) is 0 Å². The van der Waals surface area contributed by atoms with Crippen molar-refractivity contribution in [1.82, 2.24) is 0 Å². The van der Waals surface area contributed by atoms with E-state index in [2.05, 4.69) is 22.9 Å². The van der Waals surface area contributed by atoms with Crippen molar-refractivity contribution in [1.29, 1.82) is 0 Å². The van der Waals surface area contributed by atoms with E-state index < -0.39 is 9.84 Å². The highest BCUT2D eigenvalue weighted by molar-refractivity contribution is 7.91. The maximum Gasteiger partial charge on any atom is 0.153 e. The molecule has 3 rings (SSSR count). The van der Waals surface area contributed by atoms with Crippen molar-refractivity contribution in [3.8, 4) is 0 Å². The molecular weight excluding hydrogens is 262 g/mol. The number of hydrogen-bond donors (Lipinski definition) is 1. The summed E-state index contributed by atoms with van der Waals surface area (Å²) in [5.74, 6) is 0.276. The predicted octanol–water partition coefficient (Wildman–Crippen LogP) is 0.0671. The van der Waals surface area contributed by atoms with Crippen LogP contribution < -0.4 is 15.5 Å². The van der Waals surface area contributed by atoms with Gasteiger partial charge in [0.1, 0.15) is 0 Å². The zero-order valence-corrected chi connectivity index (χ0v) is 11.8. The molecular formula is C13H19N3O2S. The number of hydrogen-bond acceptors (Lipinski definition) is 5. The molecule has 2 N–H and O–H groups in total. The van der Waals surface area contributed by atoms with Gasteiger partial charge in [0.15, 0.2) is 9.84 Å². The fourth-order valence-corrected chi connectivity index (χ4v) is 4.94. The van der Waals surface area contributed by atoms with Gasteiger partial charge in [-0.15, -0.1) is 0 Å². The summed E-state index contributed by atoms with van der Waals surface area (Å²) in [5.41, 5.74) is 8.28. The molecule has 6 heteroatoms. The third-order valence-electron chi connectivity index (χ3n) is 4.04. The Balaban J connectivity index is 1.97. The number of likely N-dealkylation sites (N-methyl/N-ethyl adjacent to an activating group) is 1. The molecule has 0 spiro atoms. The summed E-state index contributed by atoms with van der Waals surface area (Å²) in [6.45, 7) is 1.71. The fourth-order valence-electron chi connectivity index (χ4n) is 3.05. The van der Waals surface area contributed by atoms with Crippen LogP contribution in [-0.4, -0.2) is 52.1 Å². The first kappa shape index (κ1) is 12.7. The summed E-state index contributed by atoms with van der Waals surface area (Å²) in [4.78, 5) is 4.37. The molecule has 2 atom stereocenters. The third-order valence-corrected chi connectivity index (χ3v) is 5.79. The van der Waals surface area contributed by atoms with Crippen LogP contribution >= 0.6 is 0 Å². The number of nitrogens with two attached hydrogens (primary N) is 1. The smallest absolute Gasteiger partial charge is 0.153 e. The normalized spacial score (nSPS) is 29.4. The maximum atomic E-state index is 11.8. The van der Waals surface area contributed by atoms with Gasteiger partial charge in [-0.25, -0.2) is 8.42 Å². The molecule has 104 valence electrons. The Labute approximate surface area is 113 Å². The van der Waals surface area contributed by atoms with Crippen LogP contribution in [0.5, 0.6) is 0 Å². The molecule has 0 radical (unpaired) electrons. The van der Waals surface area contributed by atoms with Crippen molar-refractivity contribution in [2.24, 2.45) is 5.73 Å². The molecule has 0 saturated carbocycles. The summed E-state index contributed by atoms with van der Waals surface area (Å²) in [6.07, 6.45) is 0. The largest absolute Gasteiger partial charge is 0.371 e. The van der Waals surface area contributed by atoms with Crippen molar-refractivity contribution < 1.29 is 8.42 Å². The predicted molar refractivity (Wildman–Crippen MR) is 77.5 cm³/mol. The van der Waals surface area contributed by atoms with Crippen LogP contribution in [0.15, 0.2) is 24.3 Å². The van der Waals surface area contributed by atoms with Gasteiger partial charge in [0.2, 0.25) is 0 Å². The molecule has 0 aromatic heterocycles. The molecule has 1 aromatic rings. The summed E-state index contributed by atoms with van der Waals surface area (Å²) >= 11 is 0. The highest BCUT2D eigenvalue weighted by atomic mass is 32.2. The van der Waals surface area contributed by atoms with Crippen molar-refractivity contribution in [2.45, 2.75) is 12.1 Å². The van der Waals surface area contributed by atoms with Crippen molar-refractivity contribution in [3.05, 3.63) is 24.3 Å². The van der Waals surface area contributed by atoms with Crippen LogP contribution in [0.2, 0.25) is 0 Å². The lowest BCUT2D eigenvalue weighted by Crippen LogP contribution is -2.52. The van der Waals surface area contributed by atoms with E-state index in [0.717, 1.165) is 24.5 Å². The lowest BCUT2D eigenvalue weighted by molar-refractivity contribution is 0.563. The van der Waals surface area contributed by atoms with E-state index >= 15 is 0 Å². The molecule has 2 aliphatic heterocycles. The van der Waals surface area contributed by atoms with Gasteiger partial charge in [0, 0.05) is 26.2 Å². The van der Waals surface area contributed by atoms with E-state index in [1.807, 2.05) is 18.2 Å². The second-order valence-corrected chi connectivity index (χ2v) is 7.57. The lowest BCUT2D eigenvalue weighted by Gasteiger charge is -2.41. The fraction of sp³-hybridized carbons (Fsp3) is 0.538. The molecule has 19 heavy (non-hydrogen) atoms.